The quantitative estimate of drug-likeness (QED) is 0.416. The fraction of sp³-hybridized carbons (Fsp3) is 0.714. The van der Waals surface area contributed by atoms with Crippen LogP contribution in [0.25, 0.3) is 0 Å². The molecular weight excluding hydrogens is 371 g/mol. The lowest BCUT2D eigenvalue weighted by atomic mass is 9.65. The summed E-state index contributed by atoms with van der Waals surface area (Å²) in [7, 11) is 0. The van der Waals surface area contributed by atoms with Crippen molar-refractivity contribution in [2.24, 2.45) is 17.8 Å². The molecule has 0 amide bonds. The first-order valence-electron chi connectivity index (χ1n) is 12.7. The Morgan fingerprint density at radius 1 is 1.03 bits per heavy atom. The number of rotatable bonds is 7. The maximum Gasteiger partial charge on any atom is 0.126 e. The Labute approximate surface area is 183 Å². The van der Waals surface area contributed by atoms with Gasteiger partial charge in [-0.15, -0.1) is 0 Å². The van der Waals surface area contributed by atoms with E-state index in [1.54, 1.807) is 0 Å². The first-order chi connectivity index (χ1) is 14.7. The highest BCUT2D eigenvalue weighted by atomic mass is 19.1. The minimum atomic E-state index is 0.0803. The predicted molar refractivity (Wildman–Crippen MR) is 123 cm³/mol. The van der Waals surface area contributed by atoms with Crippen molar-refractivity contribution >= 4 is 0 Å². The van der Waals surface area contributed by atoms with Crippen LogP contribution < -0.4 is 0 Å². The Morgan fingerprint density at radius 3 is 2.70 bits per heavy atom. The second kappa shape index (κ2) is 10.4. The van der Waals surface area contributed by atoms with E-state index in [9.17, 15) is 0 Å². The molecule has 1 nitrogen and oxygen atoms in total. The Balaban J connectivity index is 1.37. The lowest BCUT2D eigenvalue weighted by Gasteiger charge is -2.42. The smallest absolute Gasteiger partial charge is 0.126 e. The number of ether oxygens (including phenoxy) is 1. The molecule has 5 atom stereocenters. The summed E-state index contributed by atoms with van der Waals surface area (Å²) in [5, 5.41) is 0. The van der Waals surface area contributed by atoms with Crippen LogP contribution in [0.3, 0.4) is 0 Å². The summed E-state index contributed by atoms with van der Waals surface area (Å²) < 4.78 is 21.2. The van der Waals surface area contributed by atoms with Crippen LogP contribution in [0.2, 0.25) is 0 Å². The molecule has 30 heavy (non-hydrogen) atoms. The maximum atomic E-state index is 15.2. The van der Waals surface area contributed by atoms with Crippen LogP contribution >= 0.6 is 0 Å². The highest BCUT2D eigenvalue weighted by molar-refractivity contribution is 5.37. The average Bonchev–Trinajstić information content (AvgIpc) is 2.77. The highest BCUT2D eigenvalue weighted by Gasteiger charge is 2.37. The van der Waals surface area contributed by atoms with E-state index in [4.69, 9.17) is 4.74 Å². The second-order valence-corrected chi connectivity index (χ2v) is 10.3. The van der Waals surface area contributed by atoms with Crippen molar-refractivity contribution in [3.05, 3.63) is 46.8 Å². The molecule has 3 aliphatic rings. The first-order valence-corrected chi connectivity index (χ1v) is 12.7. The van der Waals surface area contributed by atoms with Gasteiger partial charge in [-0.3, -0.25) is 0 Å². The lowest BCUT2D eigenvalue weighted by molar-refractivity contribution is -0.00334. The van der Waals surface area contributed by atoms with E-state index in [1.165, 1.54) is 68.9 Å². The van der Waals surface area contributed by atoms with Gasteiger partial charge in [-0.2, -0.15) is 0 Å². The third-order valence-electron chi connectivity index (χ3n) is 8.28. The molecule has 1 aromatic carbocycles. The third kappa shape index (κ3) is 5.18. The molecule has 2 saturated carbocycles. The highest BCUT2D eigenvalue weighted by Crippen LogP contribution is 2.47. The summed E-state index contributed by atoms with van der Waals surface area (Å²) >= 11 is 0. The summed E-state index contributed by atoms with van der Waals surface area (Å²) in [6.07, 6.45) is 19.3. The molecule has 2 heteroatoms. The second-order valence-electron chi connectivity index (χ2n) is 10.3. The van der Waals surface area contributed by atoms with E-state index < -0.39 is 0 Å². The van der Waals surface area contributed by atoms with Crippen molar-refractivity contribution in [3.63, 3.8) is 0 Å². The van der Waals surface area contributed by atoms with Crippen LogP contribution in [-0.4, -0.2) is 12.7 Å². The van der Waals surface area contributed by atoms with Crippen LogP contribution in [0, 0.1) is 23.6 Å². The van der Waals surface area contributed by atoms with E-state index >= 15 is 4.39 Å². The molecule has 5 unspecified atom stereocenters. The Morgan fingerprint density at radius 2 is 1.87 bits per heavy atom. The number of unbranched alkanes of at least 4 members (excludes halogenated alkanes) is 1. The summed E-state index contributed by atoms with van der Waals surface area (Å²) in [5.41, 5.74) is 3.78. The van der Waals surface area contributed by atoms with Crippen molar-refractivity contribution < 1.29 is 9.13 Å². The molecular formula is C28H41FO. The molecule has 0 aromatic heterocycles. The molecule has 0 aliphatic heterocycles. The predicted octanol–water partition coefficient (Wildman–Crippen LogP) is 7.77. The molecule has 1 aromatic rings. The van der Waals surface area contributed by atoms with Gasteiger partial charge in [-0.1, -0.05) is 44.4 Å². The van der Waals surface area contributed by atoms with Gasteiger partial charge in [-0.25, -0.2) is 4.39 Å². The molecule has 0 N–H and O–H groups in total. The summed E-state index contributed by atoms with van der Waals surface area (Å²) in [5.74, 6) is 2.82. The van der Waals surface area contributed by atoms with Crippen molar-refractivity contribution in [2.75, 3.05) is 6.61 Å². The van der Waals surface area contributed by atoms with Gasteiger partial charge in [0.25, 0.3) is 0 Å². The van der Waals surface area contributed by atoms with Gasteiger partial charge in [0.2, 0.25) is 0 Å². The van der Waals surface area contributed by atoms with Crippen LogP contribution in [0.5, 0.6) is 0 Å². The van der Waals surface area contributed by atoms with Gasteiger partial charge in [0.05, 0.1) is 12.7 Å². The van der Waals surface area contributed by atoms with Crippen molar-refractivity contribution in [2.45, 2.75) is 103 Å². The molecule has 0 heterocycles. The van der Waals surface area contributed by atoms with Gasteiger partial charge < -0.3 is 4.74 Å². The Kier molecular flexibility index (Phi) is 7.68. The number of halogens is 1. The van der Waals surface area contributed by atoms with E-state index in [2.05, 4.69) is 25.1 Å². The van der Waals surface area contributed by atoms with Gasteiger partial charge in [-0.05, 0) is 111 Å². The molecule has 0 spiro atoms. The van der Waals surface area contributed by atoms with Gasteiger partial charge >= 0.3 is 0 Å². The fourth-order valence-corrected chi connectivity index (χ4v) is 6.49. The van der Waals surface area contributed by atoms with Crippen molar-refractivity contribution in [1.82, 2.24) is 0 Å². The zero-order valence-electron chi connectivity index (χ0n) is 19.2. The van der Waals surface area contributed by atoms with E-state index in [1.807, 2.05) is 13.0 Å². The van der Waals surface area contributed by atoms with Crippen LogP contribution in [0.1, 0.15) is 101 Å². The SMILES string of the molecule is C/C=C/COC1CCC2CC(c3cc4c(cc3F)CC(CCCC)CC4)CCC2C1. The van der Waals surface area contributed by atoms with Crippen LogP contribution in [0.15, 0.2) is 24.3 Å². The maximum absolute atomic E-state index is 15.2. The van der Waals surface area contributed by atoms with Gasteiger partial charge in [0.15, 0.2) is 0 Å². The molecule has 0 radical (unpaired) electrons. The lowest BCUT2D eigenvalue weighted by Crippen LogP contribution is -2.34. The fourth-order valence-electron chi connectivity index (χ4n) is 6.49. The standard InChI is InChI=1S/C28H41FO/c1-3-5-7-20-8-9-23-18-27(28(29)19-25(23)15-20)24-11-10-22-17-26(30-14-6-4-2)13-12-21(22)16-24/h4,6,18-22,24,26H,3,5,7-17H2,1-2H3/b6-4+. The zero-order valence-corrected chi connectivity index (χ0v) is 19.2. The van der Waals surface area contributed by atoms with E-state index in [0.717, 1.165) is 49.2 Å². The van der Waals surface area contributed by atoms with Gasteiger partial charge in [0.1, 0.15) is 5.82 Å². The Bertz CT molecular complexity index is 724. The molecule has 0 bridgehead atoms. The van der Waals surface area contributed by atoms with Crippen molar-refractivity contribution in [3.8, 4) is 0 Å². The number of aryl methyl sites for hydroxylation is 1. The third-order valence-corrected chi connectivity index (χ3v) is 8.28. The molecule has 166 valence electrons. The minimum absolute atomic E-state index is 0.0803. The van der Waals surface area contributed by atoms with E-state index in [0.29, 0.717) is 12.0 Å². The number of hydrogen-bond donors (Lipinski definition) is 0. The van der Waals surface area contributed by atoms with Crippen LogP contribution in [0.4, 0.5) is 4.39 Å². The van der Waals surface area contributed by atoms with Crippen LogP contribution in [-0.2, 0) is 17.6 Å². The average molecular weight is 413 g/mol. The first kappa shape index (κ1) is 22.1. The van der Waals surface area contributed by atoms with Gasteiger partial charge in [0, 0.05) is 0 Å². The monoisotopic (exact) mass is 412 g/mol. The Hall–Kier alpha value is -1.15. The number of allylic oxidation sites excluding steroid dienone is 1. The molecule has 2 fully saturated rings. The van der Waals surface area contributed by atoms with Crippen molar-refractivity contribution in [1.29, 1.82) is 0 Å². The minimum Gasteiger partial charge on any atom is -0.374 e. The number of hydrogen-bond acceptors (Lipinski definition) is 1. The largest absolute Gasteiger partial charge is 0.374 e. The number of fused-ring (bicyclic) bond motifs is 2. The molecule has 3 aliphatic carbocycles. The van der Waals surface area contributed by atoms with E-state index in [-0.39, 0.29) is 5.82 Å². The topological polar surface area (TPSA) is 9.23 Å². The summed E-state index contributed by atoms with van der Waals surface area (Å²) in [6.45, 7) is 5.06. The molecule has 4 rings (SSSR count). The molecule has 0 saturated heterocycles. The summed E-state index contributed by atoms with van der Waals surface area (Å²) in [6, 6.07) is 4.19. The summed E-state index contributed by atoms with van der Waals surface area (Å²) in [4.78, 5) is 0. The number of benzene rings is 1. The normalized spacial score (nSPS) is 31.5. The zero-order chi connectivity index (χ0) is 20.9.